The fourth-order valence-corrected chi connectivity index (χ4v) is 3.22. The molecule has 24 heavy (non-hydrogen) atoms. The van der Waals surface area contributed by atoms with E-state index in [0.29, 0.717) is 28.1 Å². The number of benzene rings is 1. The Morgan fingerprint density at radius 3 is 2.71 bits per heavy atom. The molecule has 0 aliphatic carbocycles. The number of aromatic nitrogens is 1. The number of rotatable bonds is 1. The number of nitrogens with one attached hydrogen (secondary N) is 1. The smallest absolute Gasteiger partial charge is 0.270 e. The number of nitrogens with zero attached hydrogens (tertiary/aromatic N) is 3. The molecule has 1 aromatic heterocycles. The molecule has 5 nitrogen and oxygen atoms in total. The van der Waals surface area contributed by atoms with Crippen molar-refractivity contribution in [2.24, 2.45) is 0 Å². The van der Waals surface area contributed by atoms with Crippen molar-refractivity contribution >= 4 is 21.6 Å². The molecule has 1 aliphatic rings. The summed E-state index contributed by atoms with van der Waals surface area (Å²) in [4.78, 5) is 12.6. The number of halogens is 2. The molecule has 0 spiro atoms. The molecule has 0 radical (unpaired) electrons. The zero-order valence-electron chi connectivity index (χ0n) is 12.5. The van der Waals surface area contributed by atoms with Gasteiger partial charge in [0.25, 0.3) is 5.56 Å². The Morgan fingerprint density at radius 1 is 1.33 bits per heavy atom. The Morgan fingerprint density at radius 2 is 2.08 bits per heavy atom. The van der Waals surface area contributed by atoms with E-state index < -0.39 is 17.3 Å². The molecule has 1 N–H and O–H groups in total. The van der Waals surface area contributed by atoms with Gasteiger partial charge in [-0.2, -0.15) is 10.5 Å². The minimum atomic E-state index is -0.670. The van der Waals surface area contributed by atoms with Crippen molar-refractivity contribution in [3.05, 3.63) is 73.5 Å². The number of pyridine rings is 1. The van der Waals surface area contributed by atoms with Gasteiger partial charge in [-0.25, -0.2) is 8.96 Å². The fraction of sp³-hybridized carbons (Fsp3) is 0.118. The lowest BCUT2D eigenvalue weighted by Crippen LogP contribution is -2.29. The average Bonchev–Trinajstić information content (AvgIpc) is 2.56. The third-order valence-electron chi connectivity index (χ3n) is 3.94. The monoisotopic (exact) mass is 384 g/mol. The van der Waals surface area contributed by atoms with Crippen LogP contribution in [0, 0.1) is 28.6 Å². The predicted octanol–water partition coefficient (Wildman–Crippen LogP) is 3.43. The van der Waals surface area contributed by atoms with Crippen molar-refractivity contribution in [3.63, 3.8) is 0 Å². The van der Waals surface area contributed by atoms with Gasteiger partial charge in [0.2, 0.25) is 0 Å². The van der Waals surface area contributed by atoms with Crippen LogP contribution in [0.1, 0.15) is 24.0 Å². The molecule has 2 aromatic rings. The Hall–Kier alpha value is -2.90. The van der Waals surface area contributed by atoms with E-state index in [-0.39, 0.29) is 4.47 Å². The molecular weight excluding hydrogens is 375 g/mol. The van der Waals surface area contributed by atoms with Crippen LogP contribution in [-0.4, -0.2) is 4.57 Å². The maximum Gasteiger partial charge on any atom is 0.270 e. The van der Waals surface area contributed by atoms with Crippen molar-refractivity contribution in [2.75, 3.05) is 5.32 Å². The first-order valence-corrected chi connectivity index (χ1v) is 7.75. The lowest BCUT2D eigenvalue weighted by atomic mass is 9.82. The highest BCUT2D eigenvalue weighted by Crippen LogP contribution is 2.40. The molecule has 0 amide bonds. The lowest BCUT2D eigenvalue weighted by Gasteiger charge is -2.27. The van der Waals surface area contributed by atoms with Gasteiger partial charge >= 0.3 is 0 Å². The number of fused-ring (bicyclic) bond motifs is 1. The predicted molar refractivity (Wildman–Crippen MR) is 89.6 cm³/mol. The van der Waals surface area contributed by atoms with E-state index in [9.17, 15) is 14.4 Å². The number of hydrogen-bond donors (Lipinski definition) is 1. The molecule has 118 valence electrons. The van der Waals surface area contributed by atoms with Gasteiger partial charge in [0.05, 0.1) is 27.6 Å². The third-order valence-corrected chi connectivity index (χ3v) is 4.55. The summed E-state index contributed by atoms with van der Waals surface area (Å²) >= 11 is 3.13. The first-order chi connectivity index (χ1) is 11.5. The summed E-state index contributed by atoms with van der Waals surface area (Å²) in [5, 5.41) is 21.7. The molecular formula is C17H10BrFN4O. The molecule has 7 heteroatoms. The molecule has 0 saturated carbocycles. The van der Waals surface area contributed by atoms with Crippen LogP contribution in [0.15, 0.2) is 51.0 Å². The van der Waals surface area contributed by atoms with E-state index >= 15 is 0 Å². The van der Waals surface area contributed by atoms with Crippen LogP contribution in [0.4, 0.5) is 10.1 Å². The van der Waals surface area contributed by atoms with Gasteiger partial charge < -0.3 is 5.32 Å². The van der Waals surface area contributed by atoms with Gasteiger partial charge in [-0.15, -0.1) is 0 Å². The van der Waals surface area contributed by atoms with Gasteiger partial charge in [0, 0.05) is 17.6 Å². The molecule has 3 rings (SSSR count). The zero-order chi connectivity index (χ0) is 17.4. The van der Waals surface area contributed by atoms with Crippen LogP contribution in [-0.2, 0) is 0 Å². The normalized spacial score (nSPS) is 16.0. The van der Waals surface area contributed by atoms with E-state index in [0.717, 1.165) is 4.57 Å². The molecule has 1 unspecified atom stereocenters. The highest BCUT2D eigenvalue weighted by Gasteiger charge is 2.31. The molecule has 1 atom stereocenters. The van der Waals surface area contributed by atoms with E-state index in [4.69, 9.17) is 5.26 Å². The van der Waals surface area contributed by atoms with Crippen molar-refractivity contribution in [1.82, 2.24) is 4.57 Å². The second-order valence-corrected chi connectivity index (χ2v) is 6.15. The van der Waals surface area contributed by atoms with E-state index in [1.807, 2.05) is 0 Å². The summed E-state index contributed by atoms with van der Waals surface area (Å²) in [6.45, 7) is 1.74. The van der Waals surface area contributed by atoms with Gasteiger partial charge in [0.1, 0.15) is 5.82 Å². The first kappa shape index (κ1) is 16.0. The minimum Gasteiger partial charge on any atom is -0.358 e. The largest absolute Gasteiger partial charge is 0.358 e. The van der Waals surface area contributed by atoms with Gasteiger partial charge in [-0.1, -0.05) is 6.07 Å². The highest BCUT2D eigenvalue weighted by atomic mass is 79.9. The Balaban J connectivity index is 2.35. The van der Waals surface area contributed by atoms with Crippen LogP contribution < -0.4 is 10.9 Å². The average molecular weight is 385 g/mol. The first-order valence-electron chi connectivity index (χ1n) is 6.96. The topological polar surface area (TPSA) is 81.6 Å². The number of nitriles is 2. The Bertz CT molecular complexity index is 1030. The molecule has 2 heterocycles. The summed E-state index contributed by atoms with van der Waals surface area (Å²) in [5.74, 6) is -1.11. The maximum absolute atomic E-state index is 13.6. The van der Waals surface area contributed by atoms with Gasteiger partial charge in [-0.05, 0) is 46.6 Å². The quantitative estimate of drug-likeness (QED) is 0.816. The van der Waals surface area contributed by atoms with E-state index in [1.165, 1.54) is 18.3 Å². The molecule has 0 saturated heterocycles. The highest BCUT2D eigenvalue weighted by molar-refractivity contribution is 9.10. The molecule has 0 bridgehead atoms. The molecule has 1 aromatic carbocycles. The standard InChI is InChI=1S/C17H10BrFN4O/c1-9-11(7-20)15(10-2-3-13(19)12(18)6-10)16-14(22-9)4-5-23(8-21)17(16)24/h2-6,15,22H,1H3. The molecule has 1 aliphatic heterocycles. The van der Waals surface area contributed by atoms with Crippen molar-refractivity contribution < 1.29 is 4.39 Å². The van der Waals surface area contributed by atoms with Crippen LogP contribution >= 0.6 is 15.9 Å². The van der Waals surface area contributed by atoms with Crippen LogP contribution in [0.25, 0.3) is 0 Å². The molecule has 0 fully saturated rings. The second kappa shape index (κ2) is 5.95. The van der Waals surface area contributed by atoms with E-state index in [1.54, 1.807) is 25.2 Å². The lowest BCUT2D eigenvalue weighted by molar-refractivity contribution is 0.620. The van der Waals surface area contributed by atoms with Gasteiger partial charge in [0.15, 0.2) is 6.19 Å². The Labute approximate surface area is 145 Å². The van der Waals surface area contributed by atoms with Crippen molar-refractivity contribution in [3.8, 4) is 12.3 Å². The summed E-state index contributed by atoms with van der Waals surface area (Å²) in [6.07, 6.45) is 3.16. The zero-order valence-corrected chi connectivity index (χ0v) is 14.1. The maximum atomic E-state index is 13.6. The van der Waals surface area contributed by atoms with E-state index in [2.05, 4.69) is 27.3 Å². The van der Waals surface area contributed by atoms with Crippen LogP contribution in [0.2, 0.25) is 0 Å². The second-order valence-electron chi connectivity index (χ2n) is 5.30. The summed E-state index contributed by atoms with van der Waals surface area (Å²) in [6, 6.07) is 8.09. The summed E-state index contributed by atoms with van der Waals surface area (Å²) in [5.41, 5.74) is 1.88. The number of allylic oxidation sites excluding steroid dienone is 2. The van der Waals surface area contributed by atoms with Crippen LogP contribution in [0.3, 0.4) is 0 Å². The fourth-order valence-electron chi connectivity index (χ4n) is 2.82. The summed E-state index contributed by atoms with van der Waals surface area (Å²) < 4.78 is 14.7. The third kappa shape index (κ3) is 2.40. The van der Waals surface area contributed by atoms with Crippen LogP contribution in [0.5, 0.6) is 0 Å². The van der Waals surface area contributed by atoms with Crippen molar-refractivity contribution in [1.29, 1.82) is 10.5 Å². The van der Waals surface area contributed by atoms with Crippen molar-refractivity contribution in [2.45, 2.75) is 12.8 Å². The Kier molecular flexibility index (Phi) is 3.96. The number of hydrogen-bond acceptors (Lipinski definition) is 4. The van der Waals surface area contributed by atoms with Gasteiger partial charge in [-0.3, -0.25) is 4.79 Å². The number of anilines is 1. The SMILES string of the molecule is CC1=C(C#N)C(c2ccc(F)c(Br)c2)c2c(ccn(C#N)c2=O)N1. The summed E-state index contributed by atoms with van der Waals surface area (Å²) in [7, 11) is 0. The minimum absolute atomic E-state index is 0.242.